The molecule has 2 amide bonds. The van der Waals surface area contributed by atoms with Crippen LogP contribution in [-0.2, 0) is 9.59 Å². The Kier molecular flexibility index (Phi) is 4.52. The highest BCUT2D eigenvalue weighted by Gasteiger charge is 2.34. The zero-order chi connectivity index (χ0) is 16.4. The average molecular weight is 317 g/mol. The minimum absolute atomic E-state index is 0.0450. The molecule has 6 heteroatoms. The highest BCUT2D eigenvalue weighted by Crippen LogP contribution is 2.30. The Hall–Kier alpha value is -2.08. The van der Waals surface area contributed by atoms with Gasteiger partial charge in [0.1, 0.15) is 5.75 Å². The number of hydrogen-bond acceptors (Lipinski definition) is 4. The third kappa shape index (κ3) is 3.32. The Labute approximate surface area is 136 Å². The lowest BCUT2D eigenvalue weighted by Gasteiger charge is -2.39. The third-order valence-corrected chi connectivity index (χ3v) is 4.60. The fourth-order valence-corrected chi connectivity index (χ4v) is 3.26. The first-order chi connectivity index (χ1) is 11.1. The molecule has 1 aromatic rings. The van der Waals surface area contributed by atoms with Crippen LogP contribution in [0.4, 0.5) is 5.69 Å². The molecule has 1 saturated heterocycles. The van der Waals surface area contributed by atoms with Gasteiger partial charge < -0.3 is 20.7 Å². The van der Waals surface area contributed by atoms with Crippen LogP contribution < -0.4 is 15.8 Å². The molecule has 3 N–H and O–H groups in total. The number of likely N-dealkylation sites (tertiary alicyclic amines) is 1. The van der Waals surface area contributed by atoms with Gasteiger partial charge in [-0.1, -0.05) is 19.1 Å². The van der Waals surface area contributed by atoms with Gasteiger partial charge >= 0.3 is 0 Å². The van der Waals surface area contributed by atoms with Crippen LogP contribution in [0.15, 0.2) is 24.3 Å². The summed E-state index contributed by atoms with van der Waals surface area (Å²) in [5, 5.41) is 2.79. The number of para-hydroxylation sites is 2. The molecule has 0 radical (unpaired) electrons. The number of carbonyl (C=O) groups excluding carboxylic acids is 2. The minimum Gasteiger partial charge on any atom is -0.478 e. The lowest BCUT2D eigenvalue weighted by molar-refractivity contribution is -0.140. The Bertz CT molecular complexity index is 605. The average Bonchev–Trinajstić information content (AvgIpc) is 2.55. The van der Waals surface area contributed by atoms with Crippen molar-refractivity contribution in [3.63, 3.8) is 0 Å². The molecule has 1 fully saturated rings. The normalized spacial score (nSPS) is 27.0. The number of nitrogens with two attached hydrogens (primary N) is 1. The number of carbonyl (C=O) groups is 2. The molecule has 3 atom stereocenters. The van der Waals surface area contributed by atoms with E-state index in [1.807, 2.05) is 17.0 Å². The molecular weight excluding hydrogens is 294 g/mol. The Morgan fingerprint density at radius 2 is 2.17 bits per heavy atom. The molecule has 2 aliphatic rings. The van der Waals surface area contributed by atoms with Gasteiger partial charge in [-0.3, -0.25) is 9.59 Å². The quantitative estimate of drug-likeness (QED) is 0.881. The third-order valence-electron chi connectivity index (χ3n) is 4.60. The number of rotatable bonds is 3. The van der Waals surface area contributed by atoms with Crippen molar-refractivity contribution in [2.75, 3.05) is 18.4 Å². The van der Waals surface area contributed by atoms with E-state index in [2.05, 4.69) is 12.2 Å². The van der Waals surface area contributed by atoms with E-state index in [1.165, 1.54) is 0 Å². The Balaban J connectivity index is 1.69. The van der Waals surface area contributed by atoms with Crippen LogP contribution in [0.5, 0.6) is 5.75 Å². The number of nitrogens with one attached hydrogen (secondary N) is 1. The number of anilines is 1. The van der Waals surface area contributed by atoms with E-state index in [0.29, 0.717) is 30.4 Å². The topological polar surface area (TPSA) is 84.7 Å². The SMILES string of the molecule is CC1CCC(CN)N(C(=O)CC2Oc3ccccc3NC2=O)C1. The highest BCUT2D eigenvalue weighted by molar-refractivity contribution is 5.99. The molecule has 3 rings (SSSR count). The summed E-state index contributed by atoms with van der Waals surface area (Å²) in [5.41, 5.74) is 6.44. The second kappa shape index (κ2) is 6.58. The molecule has 0 aromatic heterocycles. The van der Waals surface area contributed by atoms with E-state index in [1.54, 1.807) is 12.1 Å². The van der Waals surface area contributed by atoms with Crippen LogP contribution in [0.3, 0.4) is 0 Å². The minimum atomic E-state index is -0.784. The molecule has 124 valence electrons. The van der Waals surface area contributed by atoms with Gasteiger partial charge in [0, 0.05) is 19.1 Å². The second-order valence-corrected chi connectivity index (χ2v) is 6.41. The van der Waals surface area contributed by atoms with Gasteiger partial charge in [0.15, 0.2) is 6.10 Å². The van der Waals surface area contributed by atoms with E-state index in [4.69, 9.17) is 10.5 Å². The summed E-state index contributed by atoms with van der Waals surface area (Å²) in [5.74, 6) is 0.730. The molecule has 0 aliphatic carbocycles. The van der Waals surface area contributed by atoms with Gasteiger partial charge in [0.25, 0.3) is 5.91 Å². The molecule has 0 bridgehead atoms. The molecule has 0 spiro atoms. The fraction of sp³-hybridized carbons (Fsp3) is 0.529. The van der Waals surface area contributed by atoms with Gasteiger partial charge in [0.05, 0.1) is 12.1 Å². The molecule has 23 heavy (non-hydrogen) atoms. The van der Waals surface area contributed by atoms with Crippen molar-refractivity contribution in [3.05, 3.63) is 24.3 Å². The molecule has 2 heterocycles. The lowest BCUT2D eigenvalue weighted by Crippen LogP contribution is -2.51. The van der Waals surface area contributed by atoms with E-state index < -0.39 is 6.10 Å². The fourth-order valence-electron chi connectivity index (χ4n) is 3.26. The van der Waals surface area contributed by atoms with Crippen LogP contribution in [0.1, 0.15) is 26.2 Å². The van der Waals surface area contributed by atoms with Gasteiger partial charge in [-0.05, 0) is 30.9 Å². The van der Waals surface area contributed by atoms with Gasteiger partial charge in [0.2, 0.25) is 5.91 Å². The summed E-state index contributed by atoms with van der Waals surface area (Å²) >= 11 is 0. The van der Waals surface area contributed by atoms with E-state index in [0.717, 1.165) is 12.8 Å². The van der Waals surface area contributed by atoms with Crippen molar-refractivity contribution in [2.45, 2.75) is 38.3 Å². The number of nitrogens with zero attached hydrogens (tertiary/aromatic N) is 1. The predicted octanol–water partition coefficient (Wildman–Crippen LogP) is 1.36. The Morgan fingerprint density at radius 3 is 2.96 bits per heavy atom. The number of amides is 2. The van der Waals surface area contributed by atoms with Crippen LogP contribution >= 0.6 is 0 Å². The standard InChI is InChI=1S/C17H23N3O3/c1-11-6-7-12(9-18)20(10-11)16(21)8-15-17(22)19-13-4-2-3-5-14(13)23-15/h2-5,11-12,15H,6-10,18H2,1H3,(H,19,22). The summed E-state index contributed by atoms with van der Waals surface area (Å²) in [4.78, 5) is 26.6. The van der Waals surface area contributed by atoms with Crippen LogP contribution in [-0.4, -0.2) is 41.9 Å². The summed E-state index contributed by atoms with van der Waals surface area (Å²) in [7, 11) is 0. The van der Waals surface area contributed by atoms with Crippen LogP contribution in [0.25, 0.3) is 0 Å². The Morgan fingerprint density at radius 1 is 1.39 bits per heavy atom. The van der Waals surface area contributed by atoms with E-state index in [-0.39, 0.29) is 24.3 Å². The van der Waals surface area contributed by atoms with Crippen molar-refractivity contribution in [2.24, 2.45) is 11.7 Å². The summed E-state index contributed by atoms with van der Waals surface area (Å²) < 4.78 is 5.71. The summed E-state index contributed by atoms with van der Waals surface area (Å²) in [6.07, 6.45) is 1.26. The van der Waals surface area contributed by atoms with Gasteiger partial charge in [-0.2, -0.15) is 0 Å². The van der Waals surface area contributed by atoms with Crippen molar-refractivity contribution < 1.29 is 14.3 Å². The maximum absolute atomic E-state index is 12.6. The molecule has 0 saturated carbocycles. The van der Waals surface area contributed by atoms with Crippen molar-refractivity contribution in [3.8, 4) is 5.75 Å². The maximum atomic E-state index is 12.6. The molecule has 2 aliphatic heterocycles. The molecule has 3 unspecified atom stereocenters. The monoisotopic (exact) mass is 317 g/mol. The van der Waals surface area contributed by atoms with Crippen molar-refractivity contribution in [1.82, 2.24) is 4.90 Å². The smallest absolute Gasteiger partial charge is 0.266 e. The zero-order valence-electron chi connectivity index (χ0n) is 13.3. The zero-order valence-corrected chi connectivity index (χ0v) is 13.3. The maximum Gasteiger partial charge on any atom is 0.266 e. The molecular formula is C17H23N3O3. The number of fused-ring (bicyclic) bond motifs is 1. The van der Waals surface area contributed by atoms with Crippen LogP contribution in [0.2, 0.25) is 0 Å². The van der Waals surface area contributed by atoms with Gasteiger partial charge in [-0.25, -0.2) is 0 Å². The second-order valence-electron chi connectivity index (χ2n) is 6.41. The number of ether oxygens (including phenoxy) is 1. The largest absolute Gasteiger partial charge is 0.478 e. The first-order valence-electron chi connectivity index (χ1n) is 8.14. The molecule has 1 aromatic carbocycles. The number of benzene rings is 1. The van der Waals surface area contributed by atoms with Crippen LogP contribution in [0, 0.1) is 5.92 Å². The predicted molar refractivity (Wildman–Crippen MR) is 87.1 cm³/mol. The first kappa shape index (κ1) is 15.8. The first-order valence-corrected chi connectivity index (χ1v) is 8.14. The summed E-state index contributed by atoms with van der Waals surface area (Å²) in [6.45, 7) is 3.29. The van der Waals surface area contributed by atoms with Gasteiger partial charge in [-0.15, -0.1) is 0 Å². The molecule has 6 nitrogen and oxygen atoms in total. The van der Waals surface area contributed by atoms with Crippen molar-refractivity contribution in [1.29, 1.82) is 0 Å². The summed E-state index contributed by atoms with van der Waals surface area (Å²) in [6, 6.07) is 7.30. The van der Waals surface area contributed by atoms with E-state index >= 15 is 0 Å². The number of piperidine rings is 1. The van der Waals surface area contributed by atoms with E-state index in [9.17, 15) is 9.59 Å². The van der Waals surface area contributed by atoms with Crippen molar-refractivity contribution >= 4 is 17.5 Å². The highest BCUT2D eigenvalue weighted by atomic mass is 16.5. The number of hydrogen-bond donors (Lipinski definition) is 2. The lowest BCUT2D eigenvalue weighted by atomic mass is 9.93.